The summed E-state index contributed by atoms with van der Waals surface area (Å²) in [4.78, 5) is 110. The van der Waals surface area contributed by atoms with E-state index in [9.17, 15) is 38.4 Å². The fraction of sp³-hybridized carbons (Fsp3) is 0.490. The van der Waals surface area contributed by atoms with Crippen molar-refractivity contribution in [2.75, 3.05) is 66.1 Å². The van der Waals surface area contributed by atoms with Crippen LogP contribution in [-0.4, -0.2) is 131 Å². The molecule has 0 saturated carbocycles. The molecular weight excluding hydrogens is 899 g/mol. The Morgan fingerprint density at radius 3 is 2.23 bits per heavy atom. The van der Waals surface area contributed by atoms with Gasteiger partial charge in [0.25, 0.3) is 0 Å². The number of benzene rings is 3. The number of carbonyl (C=O) groups is 8. The summed E-state index contributed by atoms with van der Waals surface area (Å²) in [6, 6.07) is 19.6. The number of hydrogen-bond acceptors (Lipinski definition) is 11. The van der Waals surface area contributed by atoms with Crippen LogP contribution in [0.2, 0.25) is 0 Å². The number of carbonyl (C=O) groups excluding carboxylic acids is 8. The third-order valence-electron chi connectivity index (χ3n) is 12.7. The van der Waals surface area contributed by atoms with Gasteiger partial charge in [-0.2, -0.15) is 0 Å². The minimum Gasteiger partial charge on any atom is -0.493 e. The van der Waals surface area contributed by atoms with Crippen LogP contribution in [-0.2, 0) is 51.3 Å². The highest BCUT2D eigenvalue weighted by Crippen LogP contribution is 2.44. The highest BCUT2D eigenvalue weighted by atomic mass is 16.5. The maximum atomic E-state index is 14.3. The van der Waals surface area contributed by atoms with Gasteiger partial charge in [0.2, 0.25) is 41.4 Å². The lowest BCUT2D eigenvalue weighted by Gasteiger charge is -2.32. The smallest absolute Gasteiger partial charge is 0.407 e. The number of rotatable bonds is 17. The first-order valence-electron chi connectivity index (χ1n) is 24.1. The van der Waals surface area contributed by atoms with Gasteiger partial charge in [-0.25, -0.2) is 4.79 Å². The van der Waals surface area contributed by atoms with Crippen molar-refractivity contribution >= 4 is 47.4 Å². The van der Waals surface area contributed by atoms with Gasteiger partial charge in [-0.1, -0.05) is 74.5 Å². The second-order valence-electron chi connectivity index (χ2n) is 18.5. The molecule has 0 aromatic heterocycles. The summed E-state index contributed by atoms with van der Waals surface area (Å²) < 4.78 is 11.7. The zero-order valence-electron chi connectivity index (χ0n) is 40.5. The summed E-state index contributed by atoms with van der Waals surface area (Å²) in [5.41, 5.74) is 4.31. The highest BCUT2D eigenvalue weighted by molar-refractivity contribution is 6.07. The fourth-order valence-electron chi connectivity index (χ4n) is 8.83. The fourth-order valence-corrected chi connectivity index (χ4v) is 8.83. The summed E-state index contributed by atoms with van der Waals surface area (Å²) in [5, 5.41) is 21.1. The molecule has 3 atom stereocenters. The SMILES string of the molecule is CC(C)CC1NC(=O)CCNC(=O)C(CNC(=O)[C@H](C)NC(=O)OCC2c3ccccc3-c3ccccc32)(C(=O)NCCC(=O)NCCCOc2cccc3c2CCN(C)C3)CNC(=O)CCNC1=O. The molecule has 3 aromatic rings. The van der Waals surface area contributed by atoms with Crippen LogP contribution in [0.4, 0.5) is 4.79 Å². The van der Waals surface area contributed by atoms with Crippen LogP contribution in [0.5, 0.6) is 5.75 Å². The van der Waals surface area contributed by atoms with E-state index in [1.165, 1.54) is 18.1 Å². The topological polar surface area (TPSA) is 254 Å². The lowest BCUT2D eigenvalue weighted by molar-refractivity contribution is -0.143. The van der Waals surface area contributed by atoms with E-state index in [0.29, 0.717) is 26.0 Å². The molecule has 3 aromatic carbocycles. The molecule has 70 heavy (non-hydrogen) atoms. The first kappa shape index (κ1) is 52.4. The first-order valence-corrected chi connectivity index (χ1v) is 24.1. The van der Waals surface area contributed by atoms with Gasteiger partial charge in [-0.3, -0.25) is 33.6 Å². The standard InChI is InChI=1S/C51H67N9O10/c1-32(2)27-41-47(65)53-22-17-44(62)56-30-51(49(67)55-24-19-45(63)59-41,48(66)54-23-18-43(61)52-21-10-26-69-42-16-9-11-34-28-60(4)25-20-35(34)42)31-57-46(64)33(3)58-50(68)70-29-40-38-14-7-5-12-36(38)37-13-6-8-15-39(37)40/h5-9,11-16,32-33,40-41H,10,17-31H2,1-4H3,(H,52,61)(H,53,65)(H,54,66)(H,55,67)(H,56,62)(H,57,64)(H,58,68)(H,59,63)/t33-,41?,51?/m0/s1. The zero-order chi connectivity index (χ0) is 50.2. The van der Waals surface area contributed by atoms with E-state index in [4.69, 9.17) is 9.47 Å². The van der Waals surface area contributed by atoms with E-state index in [1.54, 1.807) is 0 Å². The van der Waals surface area contributed by atoms with Crippen molar-refractivity contribution in [3.63, 3.8) is 0 Å². The van der Waals surface area contributed by atoms with Crippen molar-refractivity contribution in [2.24, 2.45) is 11.3 Å². The average molecular weight is 966 g/mol. The molecule has 2 aliphatic heterocycles. The van der Waals surface area contributed by atoms with E-state index < -0.39 is 72.1 Å². The molecule has 376 valence electrons. The molecule has 0 spiro atoms. The van der Waals surface area contributed by atoms with Crippen LogP contribution in [0.15, 0.2) is 66.7 Å². The maximum absolute atomic E-state index is 14.3. The zero-order valence-corrected chi connectivity index (χ0v) is 40.5. The largest absolute Gasteiger partial charge is 0.493 e. The number of amides is 8. The number of ether oxygens (including phenoxy) is 2. The van der Waals surface area contributed by atoms with Gasteiger partial charge in [0.1, 0.15) is 24.4 Å². The molecule has 8 N–H and O–H groups in total. The Bertz CT molecular complexity index is 2350. The van der Waals surface area contributed by atoms with Crippen LogP contribution in [0.1, 0.15) is 81.0 Å². The molecular formula is C51H67N9O10. The number of nitrogens with zero attached hydrogens (tertiary/aromatic N) is 1. The lowest BCUT2D eigenvalue weighted by Crippen LogP contribution is -2.62. The minimum atomic E-state index is -2.23. The predicted molar refractivity (Wildman–Crippen MR) is 260 cm³/mol. The number of hydrogen-bond donors (Lipinski definition) is 8. The third-order valence-corrected chi connectivity index (χ3v) is 12.7. The average Bonchev–Trinajstić information content (AvgIpc) is 3.65. The Labute approximate surface area is 408 Å². The number of alkyl carbamates (subject to hydrolysis) is 1. The van der Waals surface area contributed by atoms with Crippen molar-refractivity contribution in [1.82, 2.24) is 47.4 Å². The van der Waals surface area contributed by atoms with Crippen LogP contribution < -0.4 is 47.3 Å². The van der Waals surface area contributed by atoms with Gasteiger partial charge in [-0.15, -0.1) is 0 Å². The quantitative estimate of drug-likeness (QED) is 0.0715. The molecule has 1 aliphatic carbocycles. The minimum absolute atomic E-state index is 0.00208. The van der Waals surface area contributed by atoms with Crippen molar-refractivity contribution in [3.05, 3.63) is 89.0 Å². The summed E-state index contributed by atoms with van der Waals surface area (Å²) in [6.07, 6.45) is 0.209. The summed E-state index contributed by atoms with van der Waals surface area (Å²) in [7, 11) is 2.08. The van der Waals surface area contributed by atoms with Gasteiger partial charge in [0.15, 0.2) is 5.41 Å². The molecule has 1 saturated heterocycles. The Morgan fingerprint density at radius 1 is 0.800 bits per heavy atom. The van der Waals surface area contributed by atoms with Crippen molar-refractivity contribution < 1.29 is 47.8 Å². The van der Waals surface area contributed by atoms with Gasteiger partial charge >= 0.3 is 6.09 Å². The number of likely N-dealkylation sites (N-methyl/N-ethyl adjacent to an activating group) is 1. The summed E-state index contributed by atoms with van der Waals surface area (Å²) >= 11 is 0. The van der Waals surface area contributed by atoms with E-state index in [0.717, 1.165) is 47.5 Å². The Balaban J connectivity index is 1.08. The molecule has 8 amide bonds. The molecule has 19 nitrogen and oxygen atoms in total. The maximum Gasteiger partial charge on any atom is 0.407 e. The van der Waals surface area contributed by atoms with E-state index in [-0.39, 0.29) is 63.2 Å². The van der Waals surface area contributed by atoms with Gasteiger partial charge in [-0.05, 0) is 78.6 Å². The van der Waals surface area contributed by atoms with Crippen molar-refractivity contribution in [2.45, 2.75) is 83.8 Å². The van der Waals surface area contributed by atoms with Crippen LogP contribution >= 0.6 is 0 Å². The molecule has 6 rings (SSSR count). The van der Waals surface area contributed by atoms with Gasteiger partial charge in [0.05, 0.1) is 6.61 Å². The predicted octanol–water partition coefficient (Wildman–Crippen LogP) is 1.77. The molecule has 1 fully saturated rings. The third kappa shape index (κ3) is 14.0. The Morgan fingerprint density at radius 2 is 1.50 bits per heavy atom. The molecule has 19 heteroatoms. The second kappa shape index (κ2) is 25.0. The lowest BCUT2D eigenvalue weighted by atomic mass is 9.84. The monoisotopic (exact) mass is 966 g/mol. The van der Waals surface area contributed by atoms with E-state index >= 15 is 0 Å². The van der Waals surface area contributed by atoms with Crippen LogP contribution in [0, 0.1) is 11.3 Å². The highest BCUT2D eigenvalue weighted by Gasteiger charge is 2.47. The summed E-state index contributed by atoms with van der Waals surface area (Å²) in [6.45, 7) is 5.78. The normalized spacial score (nSPS) is 19.2. The van der Waals surface area contributed by atoms with Gasteiger partial charge < -0.3 is 56.9 Å². The van der Waals surface area contributed by atoms with Crippen molar-refractivity contribution in [1.29, 1.82) is 0 Å². The molecule has 0 bridgehead atoms. The Kier molecular flexibility index (Phi) is 18.7. The van der Waals surface area contributed by atoms with E-state index in [2.05, 4.69) is 60.5 Å². The van der Waals surface area contributed by atoms with Gasteiger partial charge in [0, 0.05) is 77.5 Å². The molecule has 3 aliphatic rings. The van der Waals surface area contributed by atoms with E-state index in [1.807, 2.05) is 74.5 Å². The number of nitrogens with one attached hydrogen (secondary N) is 8. The van der Waals surface area contributed by atoms with Crippen LogP contribution in [0.25, 0.3) is 11.1 Å². The second-order valence-corrected chi connectivity index (χ2v) is 18.5. The van der Waals surface area contributed by atoms with Crippen molar-refractivity contribution in [3.8, 4) is 16.9 Å². The summed E-state index contributed by atoms with van der Waals surface area (Å²) in [5.74, 6) is -3.99. The first-order chi connectivity index (χ1) is 33.6. The van der Waals surface area contributed by atoms with Crippen LogP contribution in [0.3, 0.4) is 0 Å². The molecule has 2 heterocycles. The Hall–Kier alpha value is -7.02. The molecule has 2 unspecified atom stereocenters. The number of fused-ring (bicyclic) bond motifs is 4. The molecule has 0 radical (unpaired) electrons.